The van der Waals surface area contributed by atoms with E-state index in [1.807, 2.05) is 26.0 Å². The highest BCUT2D eigenvalue weighted by Gasteiger charge is 2.14. The Morgan fingerprint density at radius 1 is 1.35 bits per heavy atom. The molecule has 0 aliphatic rings. The molecule has 0 aliphatic heterocycles. The Kier molecular flexibility index (Phi) is 5.29. The molecule has 0 aliphatic carbocycles. The lowest BCUT2D eigenvalue weighted by molar-refractivity contribution is 0.340. The van der Waals surface area contributed by atoms with Crippen LogP contribution in [0, 0.1) is 12.8 Å². The van der Waals surface area contributed by atoms with Gasteiger partial charge >= 0.3 is 0 Å². The van der Waals surface area contributed by atoms with Gasteiger partial charge in [0.15, 0.2) is 0 Å². The molecule has 0 saturated heterocycles. The first-order chi connectivity index (χ1) is 7.95. The molecule has 1 aromatic rings. The van der Waals surface area contributed by atoms with Crippen LogP contribution >= 0.6 is 11.6 Å². The van der Waals surface area contributed by atoms with E-state index in [0.29, 0.717) is 17.5 Å². The number of hydrogen-bond donors (Lipinski definition) is 1. The van der Waals surface area contributed by atoms with E-state index < -0.39 is 0 Å². The van der Waals surface area contributed by atoms with Crippen LogP contribution in [-0.4, -0.2) is 6.61 Å². The third-order valence-corrected chi connectivity index (χ3v) is 3.04. The zero-order chi connectivity index (χ0) is 13.0. The smallest absolute Gasteiger partial charge is 0.138 e. The van der Waals surface area contributed by atoms with Gasteiger partial charge in [0.25, 0.3) is 0 Å². The van der Waals surface area contributed by atoms with Gasteiger partial charge in [-0.25, -0.2) is 0 Å². The summed E-state index contributed by atoms with van der Waals surface area (Å²) in [7, 11) is 0. The topological polar surface area (TPSA) is 35.2 Å². The molecule has 3 heteroatoms. The van der Waals surface area contributed by atoms with E-state index >= 15 is 0 Å². The van der Waals surface area contributed by atoms with Crippen molar-refractivity contribution >= 4 is 11.6 Å². The number of ether oxygens (including phenoxy) is 1. The molecule has 0 spiro atoms. The summed E-state index contributed by atoms with van der Waals surface area (Å²) in [4.78, 5) is 0. The number of aryl methyl sites for hydroxylation is 1. The van der Waals surface area contributed by atoms with Crippen LogP contribution < -0.4 is 10.5 Å². The fourth-order valence-electron chi connectivity index (χ4n) is 1.97. The molecule has 0 fully saturated rings. The lowest BCUT2D eigenvalue weighted by atomic mass is 9.94. The highest BCUT2D eigenvalue weighted by atomic mass is 35.5. The average molecular weight is 256 g/mol. The summed E-state index contributed by atoms with van der Waals surface area (Å²) < 4.78 is 5.46. The summed E-state index contributed by atoms with van der Waals surface area (Å²) in [5.74, 6) is 1.32. The molecule has 96 valence electrons. The van der Waals surface area contributed by atoms with Crippen LogP contribution in [0.25, 0.3) is 0 Å². The van der Waals surface area contributed by atoms with Gasteiger partial charge in [0, 0.05) is 6.04 Å². The van der Waals surface area contributed by atoms with Gasteiger partial charge in [0.2, 0.25) is 0 Å². The van der Waals surface area contributed by atoms with Gasteiger partial charge < -0.3 is 10.5 Å². The minimum atomic E-state index is 0.0446. The second kappa shape index (κ2) is 6.27. The Morgan fingerprint density at radius 3 is 2.53 bits per heavy atom. The van der Waals surface area contributed by atoms with Crippen LogP contribution in [0.15, 0.2) is 12.1 Å². The number of rotatable bonds is 5. The van der Waals surface area contributed by atoms with Crippen molar-refractivity contribution in [2.45, 2.75) is 40.2 Å². The molecule has 0 bridgehead atoms. The number of nitrogens with two attached hydrogens (primary N) is 1. The monoisotopic (exact) mass is 255 g/mol. The van der Waals surface area contributed by atoms with Crippen LogP contribution in [0.4, 0.5) is 0 Å². The normalized spacial score (nSPS) is 12.9. The third-order valence-electron chi connectivity index (χ3n) is 2.75. The van der Waals surface area contributed by atoms with Crippen LogP contribution in [0.3, 0.4) is 0 Å². The maximum Gasteiger partial charge on any atom is 0.138 e. The van der Waals surface area contributed by atoms with E-state index in [2.05, 4.69) is 13.8 Å². The van der Waals surface area contributed by atoms with Crippen molar-refractivity contribution in [2.24, 2.45) is 11.7 Å². The van der Waals surface area contributed by atoms with E-state index in [1.165, 1.54) is 0 Å². The van der Waals surface area contributed by atoms with E-state index in [0.717, 1.165) is 23.3 Å². The van der Waals surface area contributed by atoms with E-state index in [1.54, 1.807) is 0 Å². The van der Waals surface area contributed by atoms with E-state index in [4.69, 9.17) is 22.1 Å². The second-order valence-corrected chi connectivity index (χ2v) is 5.22. The summed E-state index contributed by atoms with van der Waals surface area (Å²) in [5, 5.41) is 0.645. The largest absolute Gasteiger partial charge is 0.492 e. The molecule has 0 heterocycles. The van der Waals surface area contributed by atoms with Gasteiger partial charge in [0.1, 0.15) is 5.75 Å². The Hall–Kier alpha value is -0.730. The number of hydrogen-bond acceptors (Lipinski definition) is 2. The zero-order valence-electron chi connectivity index (χ0n) is 11.1. The Morgan fingerprint density at radius 2 is 2.00 bits per heavy atom. The van der Waals surface area contributed by atoms with Crippen molar-refractivity contribution in [3.63, 3.8) is 0 Å². The maximum atomic E-state index is 6.19. The number of benzene rings is 1. The van der Waals surface area contributed by atoms with Crippen LogP contribution in [0.5, 0.6) is 5.75 Å². The molecule has 1 rings (SSSR count). The Bertz CT molecular complexity index is 377. The Labute approximate surface area is 109 Å². The molecule has 2 nitrogen and oxygen atoms in total. The molecule has 17 heavy (non-hydrogen) atoms. The van der Waals surface area contributed by atoms with Gasteiger partial charge in [0.05, 0.1) is 11.6 Å². The predicted octanol–water partition coefficient (Wildman–Crippen LogP) is 4.09. The molecule has 1 unspecified atom stereocenters. The predicted molar refractivity (Wildman–Crippen MR) is 73.7 cm³/mol. The van der Waals surface area contributed by atoms with Gasteiger partial charge in [-0.05, 0) is 49.4 Å². The lowest BCUT2D eigenvalue weighted by Gasteiger charge is -2.18. The first-order valence-corrected chi connectivity index (χ1v) is 6.51. The standard InChI is InChI=1S/C14H22ClNO/c1-5-17-14-7-10(4)11(8-12(14)15)13(16)6-9(2)3/h7-9,13H,5-6,16H2,1-4H3. The van der Waals surface area contributed by atoms with E-state index in [9.17, 15) is 0 Å². The van der Waals surface area contributed by atoms with Crippen molar-refractivity contribution in [1.82, 2.24) is 0 Å². The third kappa shape index (κ3) is 3.90. The highest BCUT2D eigenvalue weighted by Crippen LogP contribution is 2.32. The summed E-state index contributed by atoms with van der Waals surface area (Å²) in [6, 6.07) is 3.96. The van der Waals surface area contributed by atoms with Crippen LogP contribution in [0.2, 0.25) is 5.02 Å². The average Bonchev–Trinajstić information content (AvgIpc) is 2.22. The molecule has 1 aromatic carbocycles. The molecular weight excluding hydrogens is 234 g/mol. The minimum Gasteiger partial charge on any atom is -0.492 e. The molecule has 0 amide bonds. The molecule has 0 saturated carbocycles. The molecule has 1 atom stereocenters. The summed E-state index contributed by atoms with van der Waals surface area (Å²) >= 11 is 6.18. The van der Waals surface area contributed by atoms with Crippen molar-refractivity contribution < 1.29 is 4.74 Å². The van der Waals surface area contributed by atoms with Gasteiger partial charge in [-0.3, -0.25) is 0 Å². The molecule has 2 N–H and O–H groups in total. The molecule has 0 aromatic heterocycles. The second-order valence-electron chi connectivity index (χ2n) is 4.81. The van der Waals surface area contributed by atoms with Gasteiger partial charge in [-0.1, -0.05) is 25.4 Å². The summed E-state index contributed by atoms with van der Waals surface area (Å²) in [5.41, 5.74) is 8.45. The highest BCUT2D eigenvalue weighted by molar-refractivity contribution is 6.32. The Balaban J connectivity index is 2.98. The zero-order valence-corrected chi connectivity index (χ0v) is 11.8. The van der Waals surface area contributed by atoms with E-state index in [-0.39, 0.29) is 6.04 Å². The van der Waals surface area contributed by atoms with Crippen molar-refractivity contribution in [1.29, 1.82) is 0 Å². The SMILES string of the molecule is CCOc1cc(C)c(C(N)CC(C)C)cc1Cl. The molecular formula is C14H22ClNO. The van der Waals surface area contributed by atoms with Gasteiger partial charge in [-0.2, -0.15) is 0 Å². The first kappa shape index (κ1) is 14.3. The quantitative estimate of drug-likeness (QED) is 0.860. The van der Waals surface area contributed by atoms with Crippen LogP contribution in [0.1, 0.15) is 44.4 Å². The van der Waals surface area contributed by atoms with Crippen molar-refractivity contribution in [3.8, 4) is 5.75 Å². The number of halogens is 1. The maximum absolute atomic E-state index is 6.19. The lowest BCUT2D eigenvalue weighted by Crippen LogP contribution is -2.14. The van der Waals surface area contributed by atoms with Crippen molar-refractivity contribution in [3.05, 3.63) is 28.3 Å². The molecule has 0 radical (unpaired) electrons. The van der Waals surface area contributed by atoms with Crippen molar-refractivity contribution in [2.75, 3.05) is 6.61 Å². The summed E-state index contributed by atoms with van der Waals surface area (Å²) in [6.07, 6.45) is 0.963. The fourth-order valence-corrected chi connectivity index (χ4v) is 2.20. The van der Waals surface area contributed by atoms with Crippen LogP contribution in [-0.2, 0) is 0 Å². The summed E-state index contributed by atoms with van der Waals surface area (Å²) in [6.45, 7) is 8.96. The van der Waals surface area contributed by atoms with Gasteiger partial charge in [-0.15, -0.1) is 0 Å². The first-order valence-electron chi connectivity index (χ1n) is 6.14. The fraction of sp³-hybridized carbons (Fsp3) is 0.571. The minimum absolute atomic E-state index is 0.0446.